The van der Waals surface area contributed by atoms with Crippen molar-refractivity contribution in [1.82, 2.24) is 19.6 Å². The Morgan fingerprint density at radius 3 is 2.82 bits per heavy atom. The number of halogens is 4. The van der Waals surface area contributed by atoms with Crippen LogP contribution in [0.15, 0.2) is 10.8 Å². The summed E-state index contributed by atoms with van der Waals surface area (Å²) in [7, 11) is 0. The molecule has 6 nitrogen and oxygen atoms in total. The van der Waals surface area contributed by atoms with E-state index in [-0.39, 0.29) is 22.1 Å². The van der Waals surface area contributed by atoms with Crippen LogP contribution in [-0.2, 0) is 0 Å². The van der Waals surface area contributed by atoms with Crippen LogP contribution in [0.5, 0.6) is 5.88 Å². The Labute approximate surface area is 101 Å². The maximum absolute atomic E-state index is 12.0. The second-order valence-electron chi connectivity index (χ2n) is 3.00. The number of fused-ring (bicyclic) bond motifs is 1. The highest BCUT2D eigenvalue weighted by atomic mass is 79.9. The Bertz CT molecular complexity index is 554. The molecule has 0 aliphatic rings. The van der Waals surface area contributed by atoms with Crippen molar-refractivity contribution in [2.45, 2.75) is 6.18 Å². The SMILES string of the molecule is Nc1nc2cnc(Br)c(OCC(F)(F)F)n2n1. The summed E-state index contributed by atoms with van der Waals surface area (Å²) < 4.78 is 41.9. The lowest BCUT2D eigenvalue weighted by Gasteiger charge is -2.10. The van der Waals surface area contributed by atoms with Gasteiger partial charge in [-0.3, -0.25) is 0 Å². The minimum Gasteiger partial charge on any atom is -0.466 e. The summed E-state index contributed by atoms with van der Waals surface area (Å²) in [5.41, 5.74) is 5.52. The highest BCUT2D eigenvalue weighted by molar-refractivity contribution is 9.10. The van der Waals surface area contributed by atoms with Crippen molar-refractivity contribution in [3.63, 3.8) is 0 Å². The van der Waals surface area contributed by atoms with Gasteiger partial charge in [0.25, 0.3) is 5.88 Å². The van der Waals surface area contributed by atoms with Crippen molar-refractivity contribution in [3.05, 3.63) is 10.8 Å². The molecule has 0 aromatic carbocycles. The lowest BCUT2D eigenvalue weighted by atomic mass is 10.6. The maximum Gasteiger partial charge on any atom is 0.422 e. The molecule has 10 heteroatoms. The second-order valence-corrected chi connectivity index (χ2v) is 3.75. The van der Waals surface area contributed by atoms with E-state index in [0.717, 1.165) is 4.52 Å². The first-order valence-corrected chi connectivity index (χ1v) is 5.02. The standard InChI is InChI=1S/C7H5BrF3N5O/c8-4-5(17-2-7(9,10)11)16-3(1-13-4)14-6(12)15-16/h1H,2H2,(H2,12,15). The van der Waals surface area contributed by atoms with Gasteiger partial charge in [-0.05, 0) is 15.9 Å². The monoisotopic (exact) mass is 311 g/mol. The molecule has 2 N–H and O–H groups in total. The number of nitrogen functional groups attached to an aromatic ring is 1. The molecule has 0 saturated carbocycles. The normalized spacial score (nSPS) is 12.0. The predicted molar refractivity (Wildman–Crippen MR) is 54.4 cm³/mol. The number of alkyl halides is 3. The first-order valence-electron chi connectivity index (χ1n) is 4.23. The van der Waals surface area contributed by atoms with Crippen LogP contribution in [0, 0.1) is 0 Å². The van der Waals surface area contributed by atoms with Crippen molar-refractivity contribution in [1.29, 1.82) is 0 Å². The molecule has 0 aliphatic heterocycles. The minimum absolute atomic E-state index is 0.0817. The predicted octanol–water partition coefficient (Wildman–Crippen LogP) is 1.41. The van der Waals surface area contributed by atoms with Crippen LogP contribution in [0.2, 0.25) is 0 Å². The zero-order chi connectivity index (χ0) is 12.6. The molecule has 2 rings (SSSR count). The van der Waals surface area contributed by atoms with E-state index >= 15 is 0 Å². The van der Waals surface area contributed by atoms with E-state index in [1.165, 1.54) is 6.20 Å². The van der Waals surface area contributed by atoms with E-state index < -0.39 is 12.8 Å². The van der Waals surface area contributed by atoms with Crippen LogP contribution >= 0.6 is 15.9 Å². The third-order valence-corrected chi connectivity index (χ3v) is 2.23. The Hall–Kier alpha value is -1.58. The number of hydrogen-bond acceptors (Lipinski definition) is 5. The van der Waals surface area contributed by atoms with Gasteiger partial charge >= 0.3 is 6.18 Å². The van der Waals surface area contributed by atoms with Crippen molar-refractivity contribution < 1.29 is 17.9 Å². The van der Waals surface area contributed by atoms with Crippen LogP contribution < -0.4 is 10.5 Å². The summed E-state index contributed by atoms with van der Waals surface area (Å²) >= 11 is 2.96. The molecule has 0 unspecified atom stereocenters. The van der Waals surface area contributed by atoms with Gasteiger partial charge in [0.2, 0.25) is 5.95 Å². The molecule has 2 heterocycles. The first-order chi connectivity index (χ1) is 7.87. The Morgan fingerprint density at radius 1 is 1.47 bits per heavy atom. The topological polar surface area (TPSA) is 78.3 Å². The third-order valence-electron chi connectivity index (χ3n) is 1.68. The van der Waals surface area contributed by atoms with E-state index in [4.69, 9.17) is 5.73 Å². The van der Waals surface area contributed by atoms with Gasteiger partial charge in [-0.15, -0.1) is 5.10 Å². The second kappa shape index (κ2) is 4.02. The summed E-state index contributed by atoms with van der Waals surface area (Å²) in [6.07, 6.45) is -3.15. The van der Waals surface area contributed by atoms with Crippen LogP contribution in [0.1, 0.15) is 0 Å². The molecule has 17 heavy (non-hydrogen) atoms. The number of aromatic nitrogens is 4. The lowest BCUT2D eigenvalue weighted by Crippen LogP contribution is -2.20. The van der Waals surface area contributed by atoms with Gasteiger partial charge in [0, 0.05) is 0 Å². The van der Waals surface area contributed by atoms with E-state index in [2.05, 4.69) is 35.7 Å². The number of nitrogens with two attached hydrogens (primary N) is 1. The van der Waals surface area contributed by atoms with E-state index in [1.54, 1.807) is 0 Å². The van der Waals surface area contributed by atoms with Gasteiger partial charge in [0.15, 0.2) is 16.9 Å². The van der Waals surface area contributed by atoms with E-state index in [9.17, 15) is 13.2 Å². The Morgan fingerprint density at radius 2 is 2.18 bits per heavy atom. The summed E-state index contributed by atoms with van der Waals surface area (Å²) in [4.78, 5) is 7.51. The van der Waals surface area contributed by atoms with Crippen molar-refractivity contribution in [2.75, 3.05) is 12.3 Å². The molecule has 92 valence electrons. The lowest BCUT2D eigenvalue weighted by molar-refractivity contribution is -0.154. The summed E-state index contributed by atoms with van der Waals surface area (Å²) in [6.45, 7) is -1.45. The number of ether oxygens (including phenoxy) is 1. The number of anilines is 1. The van der Waals surface area contributed by atoms with Crippen LogP contribution in [-0.4, -0.2) is 32.4 Å². The molecule has 0 saturated heterocycles. The Balaban J connectivity index is 2.40. The molecule has 2 aromatic heterocycles. The van der Waals surface area contributed by atoms with Crippen LogP contribution in [0.3, 0.4) is 0 Å². The third kappa shape index (κ3) is 2.57. The average molecular weight is 312 g/mol. The molecule has 0 fully saturated rings. The van der Waals surface area contributed by atoms with Crippen LogP contribution in [0.25, 0.3) is 5.65 Å². The molecule has 0 bridgehead atoms. The fraction of sp³-hybridized carbons (Fsp3) is 0.286. The van der Waals surface area contributed by atoms with Crippen molar-refractivity contribution >= 4 is 27.5 Å². The quantitative estimate of drug-likeness (QED) is 0.907. The number of nitrogens with zero attached hydrogens (tertiary/aromatic N) is 4. The highest BCUT2D eigenvalue weighted by Crippen LogP contribution is 2.25. The zero-order valence-corrected chi connectivity index (χ0v) is 9.66. The molecule has 0 spiro atoms. The largest absolute Gasteiger partial charge is 0.466 e. The summed E-state index contributed by atoms with van der Waals surface area (Å²) in [5.74, 6) is -0.286. The fourth-order valence-corrected chi connectivity index (χ4v) is 1.49. The smallest absolute Gasteiger partial charge is 0.422 e. The van der Waals surface area contributed by atoms with Gasteiger partial charge in [-0.25, -0.2) is 4.98 Å². The molecule has 0 amide bonds. The molecule has 0 aliphatic carbocycles. The molecular weight excluding hydrogens is 307 g/mol. The van der Waals surface area contributed by atoms with Gasteiger partial charge in [0.1, 0.15) is 0 Å². The Kier molecular flexibility index (Phi) is 2.81. The number of rotatable bonds is 2. The maximum atomic E-state index is 12.0. The van der Waals surface area contributed by atoms with Gasteiger partial charge < -0.3 is 10.5 Å². The van der Waals surface area contributed by atoms with Crippen LogP contribution in [0.4, 0.5) is 19.1 Å². The van der Waals surface area contributed by atoms with Gasteiger partial charge in [-0.1, -0.05) is 0 Å². The molecule has 0 radical (unpaired) electrons. The summed E-state index contributed by atoms with van der Waals surface area (Å²) in [5, 5.41) is 3.70. The van der Waals surface area contributed by atoms with Gasteiger partial charge in [-0.2, -0.15) is 22.7 Å². The summed E-state index contributed by atoms with van der Waals surface area (Å²) in [6, 6.07) is 0. The van der Waals surface area contributed by atoms with E-state index in [0.29, 0.717) is 0 Å². The number of hydrogen-bond donors (Lipinski definition) is 1. The molecule has 2 aromatic rings. The zero-order valence-electron chi connectivity index (χ0n) is 8.07. The molecular formula is C7H5BrF3N5O. The first kappa shape index (κ1) is 11.9. The van der Waals surface area contributed by atoms with Crippen molar-refractivity contribution in [3.8, 4) is 5.88 Å². The van der Waals surface area contributed by atoms with E-state index in [1.807, 2.05) is 0 Å². The molecule has 0 atom stereocenters. The average Bonchev–Trinajstić information content (AvgIpc) is 2.55. The fourth-order valence-electron chi connectivity index (χ4n) is 1.10. The highest BCUT2D eigenvalue weighted by Gasteiger charge is 2.29. The minimum atomic E-state index is -4.45. The van der Waals surface area contributed by atoms with Gasteiger partial charge in [0.05, 0.1) is 6.20 Å². The van der Waals surface area contributed by atoms with Crippen molar-refractivity contribution in [2.24, 2.45) is 0 Å².